The Balaban J connectivity index is 2.72. The van der Waals surface area contributed by atoms with E-state index in [0.29, 0.717) is 13.0 Å². The molecule has 0 aromatic heterocycles. The van der Waals surface area contributed by atoms with Gasteiger partial charge >= 0.3 is 0 Å². The number of sulfonamides is 1. The molecule has 0 radical (unpaired) electrons. The first-order valence-electron chi connectivity index (χ1n) is 5.21. The van der Waals surface area contributed by atoms with Crippen LogP contribution in [0.3, 0.4) is 0 Å². The van der Waals surface area contributed by atoms with Gasteiger partial charge in [0.05, 0.1) is 6.26 Å². The number of piperidine rings is 1. The van der Waals surface area contributed by atoms with Crippen LogP contribution in [0.2, 0.25) is 0 Å². The number of halogens is 1. The molecule has 1 aliphatic heterocycles. The molecule has 90 valence electrons. The normalized spacial score (nSPS) is 30.5. The molecule has 3 nitrogen and oxygen atoms in total. The molecule has 1 aliphatic rings. The van der Waals surface area contributed by atoms with Gasteiger partial charge in [-0.05, 0) is 17.8 Å². The topological polar surface area (TPSA) is 37.4 Å². The minimum atomic E-state index is -3.23. The van der Waals surface area contributed by atoms with Crippen molar-refractivity contribution in [3.63, 3.8) is 0 Å². The summed E-state index contributed by atoms with van der Waals surface area (Å²) in [7, 11) is -3.23. The van der Waals surface area contributed by atoms with Crippen LogP contribution in [0.5, 0.6) is 0 Å². The van der Waals surface area contributed by atoms with Gasteiger partial charge in [-0.1, -0.05) is 20.8 Å². The van der Waals surface area contributed by atoms with Crippen molar-refractivity contribution < 1.29 is 12.8 Å². The lowest BCUT2D eigenvalue weighted by Crippen LogP contribution is -2.47. The van der Waals surface area contributed by atoms with Gasteiger partial charge in [0.2, 0.25) is 10.0 Å². The lowest BCUT2D eigenvalue weighted by Gasteiger charge is -2.40. The van der Waals surface area contributed by atoms with Crippen molar-refractivity contribution in [2.24, 2.45) is 11.3 Å². The monoisotopic (exact) mass is 237 g/mol. The summed E-state index contributed by atoms with van der Waals surface area (Å²) in [5.74, 6) is -0.0458. The van der Waals surface area contributed by atoms with Crippen molar-refractivity contribution in [1.29, 1.82) is 0 Å². The number of alkyl halides is 1. The molecule has 0 bridgehead atoms. The zero-order valence-electron chi connectivity index (χ0n) is 9.83. The van der Waals surface area contributed by atoms with Crippen molar-refractivity contribution in [3.8, 4) is 0 Å². The van der Waals surface area contributed by atoms with Gasteiger partial charge in [-0.15, -0.1) is 0 Å². The van der Waals surface area contributed by atoms with Crippen molar-refractivity contribution in [3.05, 3.63) is 0 Å². The van der Waals surface area contributed by atoms with E-state index >= 15 is 0 Å². The molecule has 15 heavy (non-hydrogen) atoms. The molecule has 1 fully saturated rings. The second kappa shape index (κ2) is 4.01. The quantitative estimate of drug-likeness (QED) is 0.695. The maximum Gasteiger partial charge on any atom is 0.211 e. The minimum Gasteiger partial charge on any atom is -0.246 e. The van der Waals surface area contributed by atoms with E-state index in [4.69, 9.17) is 0 Å². The maximum atomic E-state index is 13.8. The summed E-state index contributed by atoms with van der Waals surface area (Å²) in [5.41, 5.74) is -0.0942. The van der Waals surface area contributed by atoms with E-state index in [-0.39, 0.29) is 17.9 Å². The molecule has 0 N–H and O–H groups in total. The molecular weight excluding hydrogens is 217 g/mol. The highest BCUT2D eigenvalue weighted by Gasteiger charge is 2.39. The standard InChI is InChI=1S/C10H20FNO2S/c1-10(2,3)8-5-6-12(7-9(8)11)15(4,13)14/h8-9H,5-7H2,1-4H3/t8-,9+/m1/s1. The van der Waals surface area contributed by atoms with E-state index < -0.39 is 16.2 Å². The Kier molecular flexibility index (Phi) is 3.45. The third-order valence-electron chi connectivity index (χ3n) is 3.09. The third-order valence-corrected chi connectivity index (χ3v) is 4.36. The smallest absolute Gasteiger partial charge is 0.211 e. The van der Waals surface area contributed by atoms with Crippen LogP contribution < -0.4 is 0 Å². The van der Waals surface area contributed by atoms with E-state index in [0.717, 1.165) is 6.26 Å². The van der Waals surface area contributed by atoms with Crippen LogP contribution in [0.4, 0.5) is 4.39 Å². The summed E-state index contributed by atoms with van der Waals surface area (Å²) in [4.78, 5) is 0. The highest BCUT2D eigenvalue weighted by molar-refractivity contribution is 7.88. The van der Waals surface area contributed by atoms with Gasteiger partial charge in [0.1, 0.15) is 6.17 Å². The summed E-state index contributed by atoms with van der Waals surface area (Å²) in [5, 5.41) is 0. The van der Waals surface area contributed by atoms with Gasteiger partial charge in [-0.25, -0.2) is 12.8 Å². The molecule has 1 rings (SSSR count). The van der Waals surface area contributed by atoms with Crippen LogP contribution in [0.25, 0.3) is 0 Å². The van der Waals surface area contributed by atoms with E-state index in [1.165, 1.54) is 4.31 Å². The summed E-state index contributed by atoms with van der Waals surface area (Å²) in [6, 6.07) is 0. The summed E-state index contributed by atoms with van der Waals surface area (Å²) in [6.45, 7) is 6.46. The van der Waals surface area contributed by atoms with Crippen LogP contribution in [-0.2, 0) is 10.0 Å². The number of rotatable bonds is 1. The second-order valence-corrected chi connectivity index (χ2v) is 7.38. The summed E-state index contributed by atoms with van der Waals surface area (Å²) in [6.07, 6.45) is 0.697. The number of hydrogen-bond acceptors (Lipinski definition) is 2. The average molecular weight is 237 g/mol. The SMILES string of the molecule is CC(C)(C)[C@@H]1CCN(S(C)(=O)=O)C[C@@H]1F. The lowest BCUT2D eigenvalue weighted by molar-refractivity contribution is 0.0559. The van der Waals surface area contributed by atoms with Crippen LogP contribution >= 0.6 is 0 Å². The molecule has 1 saturated heterocycles. The first kappa shape index (κ1) is 12.9. The fourth-order valence-electron chi connectivity index (χ4n) is 2.15. The molecule has 0 amide bonds. The van der Waals surface area contributed by atoms with Crippen LogP contribution in [-0.4, -0.2) is 38.2 Å². The fraction of sp³-hybridized carbons (Fsp3) is 1.00. The lowest BCUT2D eigenvalue weighted by atomic mass is 9.74. The summed E-state index contributed by atoms with van der Waals surface area (Å²) >= 11 is 0. The molecule has 1 heterocycles. The molecule has 0 aliphatic carbocycles. The van der Waals surface area contributed by atoms with Crippen LogP contribution in [0.1, 0.15) is 27.2 Å². The molecular formula is C10H20FNO2S. The molecule has 2 atom stereocenters. The number of hydrogen-bond donors (Lipinski definition) is 0. The van der Waals surface area contributed by atoms with Gasteiger partial charge in [-0.3, -0.25) is 0 Å². The van der Waals surface area contributed by atoms with Crippen molar-refractivity contribution in [2.45, 2.75) is 33.4 Å². The zero-order chi connectivity index (χ0) is 11.9. The minimum absolute atomic E-state index is 0.0147. The predicted octanol–water partition coefficient (Wildman–Crippen LogP) is 1.65. The Labute approximate surface area is 91.7 Å². The molecule has 0 aromatic rings. The Morgan fingerprint density at radius 3 is 2.20 bits per heavy atom. The van der Waals surface area contributed by atoms with Crippen LogP contribution in [0.15, 0.2) is 0 Å². The van der Waals surface area contributed by atoms with Crippen LogP contribution in [0, 0.1) is 11.3 Å². The number of nitrogens with zero attached hydrogens (tertiary/aromatic N) is 1. The Hall–Kier alpha value is -0.160. The largest absolute Gasteiger partial charge is 0.246 e. The predicted molar refractivity (Wildman–Crippen MR) is 58.9 cm³/mol. The fourth-order valence-corrected chi connectivity index (χ4v) is 3.00. The van der Waals surface area contributed by atoms with E-state index in [1.54, 1.807) is 0 Å². The Bertz CT molecular complexity index is 321. The maximum absolute atomic E-state index is 13.8. The zero-order valence-corrected chi connectivity index (χ0v) is 10.6. The first-order valence-corrected chi connectivity index (χ1v) is 7.06. The van der Waals surface area contributed by atoms with Crippen molar-refractivity contribution >= 4 is 10.0 Å². The molecule has 5 heteroatoms. The van der Waals surface area contributed by atoms with E-state index in [2.05, 4.69) is 0 Å². The third kappa shape index (κ3) is 3.14. The highest BCUT2D eigenvalue weighted by atomic mass is 32.2. The van der Waals surface area contributed by atoms with Crippen molar-refractivity contribution in [1.82, 2.24) is 4.31 Å². The highest BCUT2D eigenvalue weighted by Crippen LogP contribution is 2.36. The van der Waals surface area contributed by atoms with E-state index in [9.17, 15) is 12.8 Å². The molecule has 0 saturated carbocycles. The molecule has 0 aromatic carbocycles. The average Bonchev–Trinajstić information content (AvgIpc) is 1.99. The van der Waals surface area contributed by atoms with Gasteiger partial charge in [0.25, 0.3) is 0 Å². The van der Waals surface area contributed by atoms with Gasteiger partial charge in [0.15, 0.2) is 0 Å². The first-order chi connectivity index (χ1) is 6.62. The van der Waals surface area contributed by atoms with E-state index in [1.807, 2.05) is 20.8 Å². The molecule has 0 unspecified atom stereocenters. The Morgan fingerprint density at radius 1 is 1.33 bits per heavy atom. The van der Waals surface area contributed by atoms with Crippen molar-refractivity contribution in [2.75, 3.05) is 19.3 Å². The second-order valence-electron chi connectivity index (χ2n) is 5.40. The van der Waals surface area contributed by atoms with Gasteiger partial charge < -0.3 is 0 Å². The van der Waals surface area contributed by atoms with Gasteiger partial charge in [-0.2, -0.15) is 4.31 Å². The molecule has 0 spiro atoms. The van der Waals surface area contributed by atoms with Gasteiger partial charge in [0, 0.05) is 13.1 Å². The summed E-state index contributed by atoms with van der Waals surface area (Å²) < 4.78 is 37.5. The Morgan fingerprint density at radius 2 is 1.87 bits per heavy atom.